The lowest BCUT2D eigenvalue weighted by molar-refractivity contribution is -0.120. The molecule has 11 heteroatoms. The van der Waals surface area contributed by atoms with Crippen LogP contribution < -0.4 is 15.4 Å². The molecule has 0 spiro atoms. The molecule has 2 N–H and O–H groups in total. The number of hydrogen-bond acceptors (Lipinski definition) is 5. The van der Waals surface area contributed by atoms with E-state index in [0.29, 0.717) is 5.56 Å². The van der Waals surface area contributed by atoms with E-state index in [2.05, 4.69) is 15.4 Å². The standard InChI is InChI=1S/C19H21F2N3O5S/c1-24(2)30(27,28)15-8-5-7-13(10-15)18(26)23-12-17(25)22-11-14-6-3-4-9-16(14)29-19(20)21/h3-10,19H,11-12H2,1-2H3,(H,22,25)(H,23,26). The fourth-order valence-electron chi connectivity index (χ4n) is 2.39. The summed E-state index contributed by atoms with van der Waals surface area (Å²) in [5, 5.41) is 4.87. The number of ether oxygens (including phenoxy) is 1. The average Bonchev–Trinajstić information content (AvgIpc) is 2.70. The molecule has 0 radical (unpaired) electrons. The van der Waals surface area contributed by atoms with Crippen LogP contribution in [0.15, 0.2) is 53.4 Å². The lowest BCUT2D eigenvalue weighted by Gasteiger charge is -2.13. The van der Waals surface area contributed by atoms with Gasteiger partial charge in [0.05, 0.1) is 11.4 Å². The van der Waals surface area contributed by atoms with Crippen molar-refractivity contribution in [2.75, 3.05) is 20.6 Å². The smallest absolute Gasteiger partial charge is 0.387 e. The number of rotatable bonds is 9. The van der Waals surface area contributed by atoms with Crippen LogP contribution in [0.2, 0.25) is 0 Å². The first-order chi connectivity index (χ1) is 14.1. The van der Waals surface area contributed by atoms with E-state index < -0.39 is 28.4 Å². The quantitative estimate of drug-likeness (QED) is 0.615. The number of halogens is 2. The normalized spacial score (nSPS) is 11.4. The van der Waals surface area contributed by atoms with Gasteiger partial charge in [-0.3, -0.25) is 9.59 Å². The molecule has 2 aromatic rings. The summed E-state index contributed by atoms with van der Waals surface area (Å²) < 4.78 is 54.6. The van der Waals surface area contributed by atoms with E-state index >= 15 is 0 Å². The maximum absolute atomic E-state index is 12.4. The number of carbonyl (C=O) groups excluding carboxylic acids is 2. The van der Waals surface area contributed by atoms with Gasteiger partial charge in [0.15, 0.2) is 0 Å². The lowest BCUT2D eigenvalue weighted by atomic mass is 10.2. The van der Waals surface area contributed by atoms with Crippen molar-refractivity contribution in [1.82, 2.24) is 14.9 Å². The Balaban J connectivity index is 1.94. The first-order valence-electron chi connectivity index (χ1n) is 8.71. The van der Waals surface area contributed by atoms with Crippen LogP contribution >= 0.6 is 0 Å². The maximum atomic E-state index is 12.4. The van der Waals surface area contributed by atoms with Gasteiger partial charge in [-0.15, -0.1) is 0 Å². The molecule has 0 aromatic heterocycles. The van der Waals surface area contributed by atoms with Gasteiger partial charge in [0.25, 0.3) is 5.91 Å². The second kappa shape index (κ2) is 10.1. The van der Waals surface area contributed by atoms with Gasteiger partial charge in [-0.05, 0) is 24.3 Å². The summed E-state index contributed by atoms with van der Waals surface area (Å²) in [7, 11) is -0.964. The van der Waals surface area contributed by atoms with Crippen molar-refractivity contribution in [3.05, 3.63) is 59.7 Å². The number of benzene rings is 2. The van der Waals surface area contributed by atoms with Gasteiger partial charge < -0.3 is 15.4 Å². The third kappa shape index (κ3) is 6.22. The lowest BCUT2D eigenvalue weighted by Crippen LogP contribution is -2.36. The largest absolute Gasteiger partial charge is 0.434 e. The molecule has 30 heavy (non-hydrogen) atoms. The highest BCUT2D eigenvalue weighted by Gasteiger charge is 2.19. The first-order valence-corrected chi connectivity index (χ1v) is 10.2. The number of sulfonamides is 1. The summed E-state index contributed by atoms with van der Waals surface area (Å²) in [6.07, 6.45) is 0. The van der Waals surface area contributed by atoms with Gasteiger partial charge in [0, 0.05) is 31.8 Å². The second-order valence-electron chi connectivity index (χ2n) is 6.26. The molecule has 2 aromatic carbocycles. The Morgan fingerprint density at radius 3 is 2.43 bits per heavy atom. The third-order valence-corrected chi connectivity index (χ3v) is 5.76. The van der Waals surface area contributed by atoms with Gasteiger partial charge in [-0.25, -0.2) is 12.7 Å². The molecule has 0 aliphatic rings. The third-order valence-electron chi connectivity index (χ3n) is 3.95. The highest BCUT2D eigenvalue weighted by Crippen LogP contribution is 2.20. The van der Waals surface area contributed by atoms with E-state index in [9.17, 15) is 26.8 Å². The zero-order chi connectivity index (χ0) is 22.3. The van der Waals surface area contributed by atoms with E-state index in [-0.39, 0.29) is 29.3 Å². The van der Waals surface area contributed by atoms with Crippen LogP contribution in [-0.4, -0.2) is 51.8 Å². The molecule has 0 bridgehead atoms. The Hall–Kier alpha value is -3.05. The Bertz CT molecular complexity index is 1010. The number of carbonyl (C=O) groups is 2. The van der Waals surface area contributed by atoms with Crippen LogP contribution in [-0.2, 0) is 21.4 Å². The van der Waals surface area contributed by atoms with E-state index in [1.165, 1.54) is 56.6 Å². The molecule has 0 saturated carbocycles. The summed E-state index contributed by atoms with van der Waals surface area (Å²) in [5.74, 6) is -1.26. The van der Waals surface area contributed by atoms with Crippen LogP contribution in [0.5, 0.6) is 5.75 Å². The first kappa shape index (κ1) is 23.2. The molecule has 2 amide bonds. The molecule has 0 atom stereocenters. The number of hydrogen-bond donors (Lipinski definition) is 2. The van der Waals surface area contributed by atoms with Gasteiger partial charge in [0.1, 0.15) is 5.75 Å². The summed E-state index contributed by atoms with van der Waals surface area (Å²) in [5.41, 5.74) is 0.417. The number of nitrogens with zero attached hydrogens (tertiary/aromatic N) is 1. The van der Waals surface area contributed by atoms with Gasteiger partial charge >= 0.3 is 6.61 Å². The number of para-hydroxylation sites is 1. The topological polar surface area (TPSA) is 105 Å². The van der Waals surface area contributed by atoms with Crippen molar-refractivity contribution >= 4 is 21.8 Å². The highest BCUT2D eigenvalue weighted by molar-refractivity contribution is 7.89. The molecule has 0 unspecified atom stereocenters. The van der Waals surface area contributed by atoms with Crippen LogP contribution in [0.25, 0.3) is 0 Å². The molecule has 0 saturated heterocycles. The number of alkyl halides is 2. The van der Waals surface area contributed by atoms with E-state index in [1.54, 1.807) is 6.07 Å². The van der Waals surface area contributed by atoms with Gasteiger partial charge in [0.2, 0.25) is 15.9 Å². The van der Waals surface area contributed by atoms with Gasteiger partial charge in [-0.1, -0.05) is 24.3 Å². The van der Waals surface area contributed by atoms with Crippen molar-refractivity contribution in [1.29, 1.82) is 0 Å². The molecular formula is C19H21F2N3O5S. The molecule has 0 heterocycles. The van der Waals surface area contributed by atoms with Crippen molar-refractivity contribution in [3.8, 4) is 5.75 Å². The molecular weight excluding hydrogens is 420 g/mol. The highest BCUT2D eigenvalue weighted by atomic mass is 32.2. The van der Waals surface area contributed by atoms with Crippen molar-refractivity contribution < 1.29 is 31.5 Å². The summed E-state index contributed by atoms with van der Waals surface area (Å²) in [6.45, 7) is -3.46. The van der Waals surface area contributed by atoms with E-state index in [0.717, 1.165) is 4.31 Å². The minimum Gasteiger partial charge on any atom is -0.434 e. The summed E-state index contributed by atoms with van der Waals surface area (Å²) in [4.78, 5) is 24.2. The number of amides is 2. The molecule has 2 rings (SSSR count). The van der Waals surface area contributed by atoms with Crippen LogP contribution in [0, 0.1) is 0 Å². The summed E-state index contributed by atoms with van der Waals surface area (Å²) >= 11 is 0. The fraction of sp³-hybridized carbons (Fsp3) is 0.263. The number of nitrogens with one attached hydrogen (secondary N) is 2. The zero-order valence-electron chi connectivity index (χ0n) is 16.3. The Kier molecular flexibility index (Phi) is 7.84. The van der Waals surface area contributed by atoms with Crippen LogP contribution in [0.1, 0.15) is 15.9 Å². The molecule has 8 nitrogen and oxygen atoms in total. The Morgan fingerprint density at radius 2 is 1.77 bits per heavy atom. The van der Waals surface area contributed by atoms with Crippen molar-refractivity contribution in [2.45, 2.75) is 18.1 Å². The average molecular weight is 441 g/mol. The molecule has 0 aliphatic heterocycles. The van der Waals surface area contributed by atoms with Crippen molar-refractivity contribution in [2.24, 2.45) is 0 Å². The predicted octanol–water partition coefficient (Wildman–Crippen LogP) is 1.58. The van der Waals surface area contributed by atoms with E-state index in [4.69, 9.17) is 0 Å². The van der Waals surface area contributed by atoms with Crippen LogP contribution in [0.3, 0.4) is 0 Å². The SMILES string of the molecule is CN(C)S(=O)(=O)c1cccc(C(=O)NCC(=O)NCc2ccccc2OC(F)F)c1. The second-order valence-corrected chi connectivity index (χ2v) is 8.41. The Labute approximate surface area is 172 Å². The fourth-order valence-corrected chi connectivity index (χ4v) is 3.34. The molecule has 162 valence electrons. The predicted molar refractivity (Wildman–Crippen MR) is 105 cm³/mol. The van der Waals surface area contributed by atoms with Crippen molar-refractivity contribution in [3.63, 3.8) is 0 Å². The van der Waals surface area contributed by atoms with E-state index in [1.807, 2.05) is 0 Å². The Morgan fingerprint density at radius 1 is 1.07 bits per heavy atom. The van der Waals surface area contributed by atoms with Crippen LogP contribution in [0.4, 0.5) is 8.78 Å². The molecule has 0 aliphatic carbocycles. The summed E-state index contributed by atoms with van der Waals surface area (Å²) in [6, 6.07) is 11.4. The minimum absolute atomic E-state index is 0.0553. The van der Waals surface area contributed by atoms with Gasteiger partial charge in [-0.2, -0.15) is 8.78 Å². The maximum Gasteiger partial charge on any atom is 0.387 e. The zero-order valence-corrected chi connectivity index (χ0v) is 17.1. The monoisotopic (exact) mass is 441 g/mol. The molecule has 0 fully saturated rings. The minimum atomic E-state index is -3.71.